The summed E-state index contributed by atoms with van der Waals surface area (Å²) in [6.07, 6.45) is -6.31. The Labute approximate surface area is 125 Å². The fourth-order valence-corrected chi connectivity index (χ4v) is 1.58. The average molecular weight is 341 g/mol. The predicted molar refractivity (Wildman–Crippen MR) is 63.9 cm³/mol. The number of carbonyl (C=O) groups is 2. The third-order valence-corrected chi connectivity index (χ3v) is 2.48. The van der Waals surface area contributed by atoms with Gasteiger partial charge in [0.25, 0.3) is 0 Å². The maximum absolute atomic E-state index is 12.1. The number of nitro groups is 1. The SMILES string of the molecule is COC(=O)c1c([N+](=O)[O-])c(C(=O)O)nn1C(C)OCC(F)(F)F. The van der Waals surface area contributed by atoms with E-state index in [0.29, 0.717) is 4.68 Å². The van der Waals surface area contributed by atoms with Gasteiger partial charge in [-0.1, -0.05) is 0 Å². The number of halogens is 3. The van der Waals surface area contributed by atoms with Gasteiger partial charge >= 0.3 is 23.8 Å². The summed E-state index contributed by atoms with van der Waals surface area (Å²) in [4.78, 5) is 32.4. The highest BCUT2D eigenvalue weighted by Gasteiger charge is 2.39. The minimum absolute atomic E-state index is 0.360. The largest absolute Gasteiger partial charge is 0.476 e. The first-order chi connectivity index (χ1) is 10.5. The van der Waals surface area contributed by atoms with Gasteiger partial charge in [-0.3, -0.25) is 10.1 Å². The molecule has 128 valence electrons. The normalized spacial score (nSPS) is 12.7. The highest BCUT2D eigenvalue weighted by Crippen LogP contribution is 2.28. The van der Waals surface area contributed by atoms with Gasteiger partial charge in [-0.25, -0.2) is 14.3 Å². The minimum Gasteiger partial charge on any atom is -0.476 e. The van der Waals surface area contributed by atoms with Crippen LogP contribution < -0.4 is 0 Å². The van der Waals surface area contributed by atoms with Crippen LogP contribution in [0.4, 0.5) is 18.9 Å². The van der Waals surface area contributed by atoms with E-state index in [1.165, 1.54) is 0 Å². The summed E-state index contributed by atoms with van der Waals surface area (Å²) in [6.45, 7) is -0.731. The molecule has 0 aliphatic heterocycles. The van der Waals surface area contributed by atoms with Gasteiger partial charge in [-0.05, 0) is 6.92 Å². The molecule has 1 unspecified atom stereocenters. The number of rotatable bonds is 6. The zero-order valence-corrected chi connectivity index (χ0v) is 11.7. The van der Waals surface area contributed by atoms with Crippen LogP contribution in [-0.4, -0.2) is 51.6 Å². The molecule has 1 aromatic heterocycles. The van der Waals surface area contributed by atoms with Crippen molar-refractivity contribution < 1.29 is 42.3 Å². The van der Waals surface area contributed by atoms with E-state index in [2.05, 4.69) is 14.6 Å². The third kappa shape index (κ3) is 4.15. The van der Waals surface area contributed by atoms with Crippen molar-refractivity contribution in [1.82, 2.24) is 9.78 Å². The Morgan fingerprint density at radius 3 is 2.43 bits per heavy atom. The van der Waals surface area contributed by atoms with Crippen LogP contribution in [0.5, 0.6) is 0 Å². The number of esters is 1. The lowest BCUT2D eigenvalue weighted by molar-refractivity contribution is -0.385. The number of methoxy groups -OCH3 is 1. The van der Waals surface area contributed by atoms with Crippen LogP contribution in [0.3, 0.4) is 0 Å². The van der Waals surface area contributed by atoms with E-state index in [9.17, 15) is 32.9 Å². The summed E-state index contributed by atoms with van der Waals surface area (Å²) >= 11 is 0. The molecule has 10 nitrogen and oxygen atoms in total. The summed E-state index contributed by atoms with van der Waals surface area (Å²) in [6, 6.07) is 0. The van der Waals surface area contributed by atoms with E-state index in [1.54, 1.807) is 0 Å². The predicted octanol–water partition coefficient (Wildman–Crippen LogP) is 1.37. The Morgan fingerprint density at radius 1 is 1.48 bits per heavy atom. The molecule has 0 amide bonds. The van der Waals surface area contributed by atoms with Crippen molar-refractivity contribution in [2.24, 2.45) is 0 Å². The molecule has 0 spiro atoms. The maximum atomic E-state index is 12.1. The van der Waals surface area contributed by atoms with Crippen LogP contribution in [0.1, 0.15) is 34.1 Å². The van der Waals surface area contributed by atoms with Crippen LogP contribution in [0.2, 0.25) is 0 Å². The Kier molecular flexibility index (Phi) is 5.26. The smallest absolute Gasteiger partial charge is 0.411 e. The molecule has 1 rings (SSSR count). The third-order valence-electron chi connectivity index (χ3n) is 2.48. The Bertz CT molecular complexity index is 640. The second-order valence-electron chi connectivity index (χ2n) is 4.07. The fourth-order valence-electron chi connectivity index (χ4n) is 1.58. The van der Waals surface area contributed by atoms with Crippen LogP contribution in [0, 0.1) is 10.1 Å². The molecule has 1 aromatic rings. The quantitative estimate of drug-likeness (QED) is 0.466. The number of hydrogen-bond acceptors (Lipinski definition) is 7. The molecule has 0 aliphatic carbocycles. The zero-order valence-electron chi connectivity index (χ0n) is 11.7. The van der Waals surface area contributed by atoms with Crippen molar-refractivity contribution in [2.75, 3.05) is 13.7 Å². The molecule has 0 aliphatic rings. The highest BCUT2D eigenvalue weighted by molar-refractivity contribution is 5.99. The topological polar surface area (TPSA) is 134 Å². The number of alkyl halides is 3. The summed E-state index contributed by atoms with van der Waals surface area (Å²) < 4.78 is 45.5. The van der Waals surface area contributed by atoms with Crippen molar-refractivity contribution in [3.63, 3.8) is 0 Å². The number of aromatic nitrogens is 2. The van der Waals surface area contributed by atoms with E-state index < -0.39 is 52.9 Å². The van der Waals surface area contributed by atoms with Crippen LogP contribution in [0.25, 0.3) is 0 Å². The summed E-state index contributed by atoms with van der Waals surface area (Å²) in [5.41, 5.74) is -3.27. The lowest BCUT2D eigenvalue weighted by atomic mass is 10.3. The molecule has 1 atom stereocenters. The Balaban J connectivity index is 3.40. The van der Waals surface area contributed by atoms with Crippen molar-refractivity contribution in [3.05, 3.63) is 21.5 Å². The van der Waals surface area contributed by atoms with Gasteiger partial charge in [0, 0.05) is 0 Å². The van der Waals surface area contributed by atoms with Crippen molar-refractivity contribution in [1.29, 1.82) is 0 Å². The maximum Gasteiger partial charge on any atom is 0.411 e. The van der Waals surface area contributed by atoms with E-state index in [4.69, 9.17) is 5.11 Å². The molecule has 1 heterocycles. The summed E-state index contributed by atoms with van der Waals surface area (Å²) in [5, 5.41) is 23.2. The van der Waals surface area contributed by atoms with Gasteiger partial charge in [0.1, 0.15) is 12.8 Å². The van der Waals surface area contributed by atoms with E-state index >= 15 is 0 Å². The molecule has 0 aromatic carbocycles. The first-order valence-corrected chi connectivity index (χ1v) is 5.76. The summed E-state index contributed by atoms with van der Waals surface area (Å²) in [7, 11) is 0.852. The van der Waals surface area contributed by atoms with E-state index in [1.807, 2.05) is 0 Å². The average Bonchev–Trinajstić information content (AvgIpc) is 2.83. The highest BCUT2D eigenvalue weighted by atomic mass is 19.4. The van der Waals surface area contributed by atoms with Crippen molar-refractivity contribution in [3.8, 4) is 0 Å². The molecule has 0 saturated carbocycles. The standard InChI is InChI=1S/C10H10F3N3O7/c1-4(23-3-10(11,12)13)15-7(9(19)22-2)6(16(20)21)5(14-15)8(17)18/h4H,3H2,1-2H3,(H,17,18). The first kappa shape index (κ1) is 18.3. The molecule has 0 saturated heterocycles. The second kappa shape index (κ2) is 6.60. The Hall–Kier alpha value is -2.70. The Morgan fingerprint density at radius 2 is 2.04 bits per heavy atom. The van der Waals surface area contributed by atoms with Crippen LogP contribution in [-0.2, 0) is 9.47 Å². The number of carboxylic acid groups (broad SMARTS) is 1. The number of hydrogen-bond donors (Lipinski definition) is 1. The van der Waals surface area contributed by atoms with Crippen molar-refractivity contribution >= 4 is 17.6 Å². The van der Waals surface area contributed by atoms with Gasteiger partial charge in [-0.15, -0.1) is 0 Å². The lowest BCUT2D eigenvalue weighted by Gasteiger charge is -2.16. The van der Waals surface area contributed by atoms with Crippen LogP contribution in [0.15, 0.2) is 0 Å². The summed E-state index contributed by atoms with van der Waals surface area (Å²) in [5.74, 6) is -3.19. The molecule has 23 heavy (non-hydrogen) atoms. The monoisotopic (exact) mass is 341 g/mol. The minimum atomic E-state index is -4.70. The number of ether oxygens (including phenoxy) is 2. The van der Waals surface area contributed by atoms with Gasteiger partial charge in [-0.2, -0.15) is 18.3 Å². The molecule has 0 radical (unpaired) electrons. The first-order valence-electron chi connectivity index (χ1n) is 5.76. The number of carboxylic acids is 1. The number of aromatic carboxylic acids is 1. The van der Waals surface area contributed by atoms with E-state index in [-0.39, 0.29) is 0 Å². The molecule has 0 bridgehead atoms. The number of nitrogens with zero attached hydrogens (tertiary/aromatic N) is 3. The molecular weight excluding hydrogens is 331 g/mol. The van der Waals surface area contributed by atoms with Crippen LogP contribution >= 0.6 is 0 Å². The van der Waals surface area contributed by atoms with Gasteiger partial charge < -0.3 is 14.6 Å². The van der Waals surface area contributed by atoms with Gasteiger partial charge in [0.05, 0.1) is 12.0 Å². The van der Waals surface area contributed by atoms with Gasteiger partial charge in [0.2, 0.25) is 11.4 Å². The zero-order chi connectivity index (χ0) is 17.9. The molecular formula is C10H10F3N3O7. The molecule has 0 fully saturated rings. The molecule has 1 N–H and O–H groups in total. The van der Waals surface area contributed by atoms with Gasteiger partial charge in [0.15, 0.2) is 0 Å². The fraction of sp³-hybridized carbons (Fsp3) is 0.500. The number of carbonyl (C=O) groups excluding carboxylic acids is 1. The van der Waals surface area contributed by atoms with E-state index in [0.717, 1.165) is 14.0 Å². The second-order valence-corrected chi connectivity index (χ2v) is 4.07. The molecule has 13 heteroatoms. The lowest BCUT2D eigenvalue weighted by Crippen LogP contribution is -2.24. The van der Waals surface area contributed by atoms with Crippen molar-refractivity contribution in [2.45, 2.75) is 19.3 Å².